The number of aliphatic hydroxyl groups excluding tert-OH is 1. The molecule has 0 aromatic heterocycles. The molecule has 0 aromatic rings. The number of piperidine rings is 3. The predicted octanol–water partition coefficient (Wildman–Crippen LogP) is 0.570. The summed E-state index contributed by atoms with van der Waals surface area (Å²) in [5.74, 6) is 0.00918. The molecule has 0 unspecified atom stereocenters. The Morgan fingerprint density at radius 1 is 1.33 bits per heavy atom. The van der Waals surface area contributed by atoms with Crippen molar-refractivity contribution in [3.05, 3.63) is 0 Å². The molecule has 7 nitrogen and oxygen atoms in total. The number of carbonyl (C=O) groups is 2. The van der Waals surface area contributed by atoms with Crippen LogP contribution in [0.15, 0.2) is 0 Å². The second-order valence-corrected chi connectivity index (χ2v) is 7.21. The minimum absolute atomic E-state index is 0.00918. The van der Waals surface area contributed by atoms with Crippen molar-refractivity contribution in [3.8, 4) is 0 Å². The van der Waals surface area contributed by atoms with Crippen molar-refractivity contribution in [1.29, 1.82) is 0 Å². The summed E-state index contributed by atoms with van der Waals surface area (Å²) in [7, 11) is 0. The SMILES string of the molecule is CCOC(=O)N1CCC(N2CC[C@@H](O)[C@@]3(CCCNC3=O)C2)CC1. The van der Waals surface area contributed by atoms with E-state index in [-0.39, 0.29) is 12.0 Å². The first-order chi connectivity index (χ1) is 11.6. The fraction of sp³-hybridized carbons (Fsp3) is 0.882. The van der Waals surface area contributed by atoms with Gasteiger partial charge in [-0.05, 0) is 39.0 Å². The number of nitrogens with one attached hydrogen (secondary N) is 1. The molecule has 7 heteroatoms. The second-order valence-electron chi connectivity index (χ2n) is 7.21. The van der Waals surface area contributed by atoms with Crippen LogP contribution >= 0.6 is 0 Å². The van der Waals surface area contributed by atoms with E-state index in [2.05, 4.69) is 10.2 Å². The summed E-state index contributed by atoms with van der Waals surface area (Å²) in [4.78, 5) is 28.4. The molecular weight excluding hydrogens is 310 g/mol. The number of amides is 2. The van der Waals surface area contributed by atoms with Crippen molar-refractivity contribution in [2.45, 2.75) is 51.2 Å². The number of aliphatic hydroxyl groups is 1. The molecule has 3 aliphatic rings. The first kappa shape index (κ1) is 17.5. The van der Waals surface area contributed by atoms with Gasteiger partial charge >= 0.3 is 6.09 Å². The van der Waals surface area contributed by atoms with Crippen LogP contribution < -0.4 is 5.32 Å². The molecule has 3 aliphatic heterocycles. The monoisotopic (exact) mass is 339 g/mol. The largest absolute Gasteiger partial charge is 0.450 e. The predicted molar refractivity (Wildman–Crippen MR) is 88.5 cm³/mol. The molecule has 2 N–H and O–H groups in total. The summed E-state index contributed by atoms with van der Waals surface area (Å²) in [6.07, 6.45) is 3.35. The minimum atomic E-state index is -0.644. The van der Waals surface area contributed by atoms with E-state index in [1.807, 2.05) is 6.92 Å². The molecule has 3 rings (SSSR count). The van der Waals surface area contributed by atoms with Crippen LogP contribution in [0.2, 0.25) is 0 Å². The van der Waals surface area contributed by atoms with Gasteiger partial charge < -0.3 is 20.1 Å². The second kappa shape index (κ2) is 7.27. The Labute approximate surface area is 143 Å². The van der Waals surface area contributed by atoms with Gasteiger partial charge in [-0.25, -0.2) is 4.79 Å². The van der Waals surface area contributed by atoms with Crippen LogP contribution in [-0.2, 0) is 9.53 Å². The molecule has 0 aromatic carbocycles. The molecule has 3 heterocycles. The Hall–Kier alpha value is -1.34. The van der Waals surface area contributed by atoms with Crippen molar-refractivity contribution in [2.75, 3.05) is 39.3 Å². The summed E-state index contributed by atoms with van der Waals surface area (Å²) in [5.41, 5.74) is -0.644. The van der Waals surface area contributed by atoms with Gasteiger partial charge in [0.1, 0.15) is 0 Å². The molecule has 24 heavy (non-hydrogen) atoms. The number of carbonyl (C=O) groups excluding carboxylic acids is 2. The lowest BCUT2D eigenvalue weighted by Gasteiger charge is -2.50. The van der Waals surface area contributed by atoms with E-state index in [4.69, 9.17) is 4.74 Å². The van der Waals surface area contributed by atoms with E-state index in [9.17, 15) is 14.7 Å². The minimum Gasteiger partial charge on any atom is -0.450 e. The lowest BCUT2D eigenvalue weighted by atomic mass is 9.71. The zero-order valence-corrected chi connectivity index (χ0v) is 14.5. The fourth-order valence-corrected chi connectivity index (χ4v) is 4.42. The molecule has 0 saturated carbocycles. The maximum atomic E-state index is 12.5. The van der Waals surface area contributed by atoms with E-state index >= 15 is 0 Å². The van der Waals surface area contributed by atoms with Gasteiger partial charge in [-0.2, -0.15) is 0 Å². The number of nitrogens with zero attached hydrogens (tertiary/aromatic N) is 2. The van der Waals surface area contributed by atoms with Gasteiger partial charge in [-0.15, -0.1) is 0 Å². The Bertz CT molecular complexity index is 478. The van der Waals surface area contributed by atoms with Crippen molar-refractivity contribution >= 4 is 12.0 Å². The van der Waals surface area contributed by atoms with Crippen LogP contribution in [0.4, 0.5) is 4.79 Å². The highest BCUT2D eigenvalue weighted by Gasteiger charge is 2.50. The normalized spacial score (nSPS) is 32.7. The molecule has 1 spiro atoms. The topological polar surface area (TPSA) is 82.1 Å². The van der Waals surface area contributed by atoms with Gasteiger partial charge in [0.15, 0.2) is 0 Å². The molecule has 3 saturated heterocycles. The van der Waals surface area contributed by atoms with Crippen LogP contribution in [0.25, 0.3) is 0 Å². The van der Waals surface area contributed by atoms with Gasteiger partial charge in [0.25, 0.3) is 0 Å². The molecule has 3 fully saturated rings. The van der Waals surface area contributed by atoms with Gasteiger partial charge in [0.2, 0.25) is 5.91 Å². The van der Waals surface area contributed by atoms with Crippen molar-refractivity contribution < 1.29 is 19.4 Å². The van der Waals surface area contributed by atoms with Crippen LogP contribution in [0.3, 0.4) is 0 Å². The first-order valence-corrected chi connectivity index (χ1v) is 9.19. The van der Waals surface area contributed by atoms with Gasteiger partial charge in [-0.1, -0.05) is 0 Å². The van der Waals surface area contributed by atoms with E-state index in [0.29, 0.717) is 45.2 Å². The highest BCUT2D eigenvalue weighted by atomic mass is 16.6. The lowest BCUT2D eigenvalue weighted by Crippen LogP contribution is -2.63. The summed E-state index contributed by atoms with van der Waals surface area (Å²) in [6.45, 7) is 5.78. The van der Waals surface area contributed by atoms with Gasteiger partial charge in [-0.3, -0.25) is 9.69 Å². The Balaban J connectivity index is 1.60. The van der Waals surface area contributed by atoms with E-state index < -0.39 is 11.5 Å². The molecular formula is C17H29N3O4. The third-order valence-corrected chi connectivity index (χ3v) is 5.86. The summed E-state index contributed by atoms with van der Waals surface area (Å²) in [5, 5.41) is 13.4. The highest BCUT2D eigenvalue weighted by molar-refractivity contribution is 5.84. The van der Waals surface area contributed by atoms with E-state index in [0.717, 1.165) is 32.2 Å². The molecule has 2 atom stereocenters. The number of likely N-dealkylation sites (tertiary alicyclic amines) is 2. The van der Waals surface area contributed by atoms with Crippen molar-refractivity contribution in [2.24, 2.45) is 5.41 Å². The smallest absolute Gasteiger partial charge is 0.409 e. The highest BCUT2D eigenvalue weighted by Crippen LogP contribution is 2.38. The maximum Gasteiger partial charge on any atom is 0.409 e. The summed E-state index contributed by atoms with van der Waals surface area (Å²) >= 11 is 0. The summed E-state index contributed by atoms with van der Waals surface area (Å²) < 4.78 is 5.07. The average molecular weight is 339 g/mol. The van der Waals surface area contributed by atoms with E-state index in [1.165, 1.54) is 0 Å². The van der Waals surface area contributed by atoms with Crippen LogP contribution in [0.1, 0.15) is 39.0 Å². The molecule has 0 bridgehead atoms. The zero-order valence-electron chi connectivity index (χ0n) is 14.5. The Morgan fingerprint density at radius 3 is 2.75 bits per heavy atom. The molecule has 136 valence electrons. The quantitative estimate of drug-likeness (QED) is 0.769. The molecule has 0 aliphatic carbocycles. The fourth-order valence-electron chi connectivity index (χ4n) is 4.42. The van der Waals surface area contributed by atoms with Crippen molar-refractivity contribution in [1.82, 2.24) is 15.1 Å². The number of hydrogen-bond donors (Lipinski definition) is 2. The van der Waals surface area contributed by atoms with Crippen LogP contribution in [0, 0.1) is 5.41 Å². The standard InChI is InChI=1S/C17H29N3O4/c1-2-24-16(23)19-9-4-13(5-10-19)20-11-6-14(21)17(12-20)7-3-8-18-15(17)22/h13-14,21H,2-12H2,1H3,(H,18,22)/t14-,17-/m1/s1. The average Bonchev–Trinajstić information content (AvgIpc) is 2.60. The van der Waals surface area contributed by atoms with Gasteiger partial charge in [0, 0.05) is 38.8 Å². The number of rotatable bonds is 2. The van der Waals surface area contributed by atoms with E-state index in [1.54, 1.807) is 4.90 Å². The molecule has 0 radical (unpaired) electrons. The Kier molecular flexibility index (Phi) is 5.30. The van der Waals surface area contributed by atoms with Crippen LogP contribution in [-0.4, -0.2) is 78.4 Å². The number of hydrogen-bond acceptors (Lipinski definition) is 5. The third kappa shape index (κ3) is 3.24. The van der Waals surface area contributed by atoms with Crippen molar-refractivity contribution in [3.63, 3.8) is 0 Å². The third-order valence-electron chi connectivity index (χ3n) is 5.86. The summed E-state index contributed by atoms with van der Waals surface area (Å²) in [6, 6.07) is 0.370. The van der Waals surface area contributed by atoms with Gasteiger partial charge in [0.05, 0.1) is 18.1 Å². The first-order valence-electron chi connectivity index (χ1n) is 9.19. The van der Waals surface area contributed by atoms with Crippen LogP contribution in [0.5, 0.6) is 0 Å². The zero-order chi connectivity index (χ0) is 17.2. The maximum absolute atomic E-state index is 12.5. The molecule has 2 amide bonds. The number of ether oxygens (including phenoxy) is 1. The lowest BCUT2D eigenvalue weighted by molar-refractivity contribution is -0.151. The Morgan fingerprint density at radius 2 is 2.08 bits per heavy atom.